The summed E-state index contributed by atoms with van der Waals surface area (Å²) in [6.45, 7) is 4.65. The summed E-state index contributed by atoms with van der Waals surface area (Å²) in [5.41, 5.74) is 0.652. The Labute approximate surface area is 101 Å². The van der Waals surface area contributed by atoms with Gasteiger partial charge in [-0.3, -0.25) is 4.79 Å². The smallest absolute Gasteiger partial charge is 0.150 e. The van der Waals surface area contributed by atoms with E-state index in [2.05, 4.69) is 10.6 Å². The van der Waals surface area contributed by atoms with E-state index in [9.17, 15) is 4.79 Å². The lowest BCUT2D eigenvalue weighted by Gasteiger charge is -1.92. The van der Waals surface area contributed by atoms with Crippen LogP contribution in [-0.2, 0) is 0 Å². The summed E-state index contributed by atoms with van der Waals surface area (Å²) in [6.07, 6.45) is 2.07. The average molecular weight is 241 g/mol. The summed E-state index contributed by atoms with van der Waals surface area (Å²) in [7, 11) is 0. The second kappa shape index (κ2) is 8.28. The van der Waals surface area contributed by atoms with Crippen LogP contribution >= 0.6 is 11.6 Å². The Kier molecular flexibility index (Phi) is 6.81. The summed E-state index contributed by atoms with van der Waals surface area (Å²) in [5.74, 6) is 0. The minimum atomic E-state index is 0.652. The number of aldehydes is 1. The fourth-order valence-electron chi connectivity index (χ4n) is 1.31. The molecule has 2 N–H and O–H groups in total. The van der Waals surface area contributed by atoms with E-state index in [4.69, 9.17) is 11.6 Å². The summed E-state index contributed by atoms with van der Waals surface area (Å²) < 4.78 is 0. The molecule has 88 valence electrons. The zero-order valence-corrected chi connectivity index (χ0v) is 9.96. The Morgan fingerprint density at radius 3 is 2.06 bits per heavy atom. The van der Waals surface area contributed by atoms with Crippen molar-refractivity contribution in [2.24, 2.45) is 0 Å². The largest absolute Gasteiger partial charge is 0.315 e. The molecule has 1 aliphatic heterocycles. The monoisotopic (exact) mass is 240 g/mol. The van der Waals surface area contributed by atoms with E-state index in [1.807, 2.05) is 0 Å². The highest BCUT2D eigenvalue weighted by Crippen LogP contribution is 2.07. The van der Waals surface area contributed by atoms with Gasteiger partial charge in [-0.15, -0.1) is 0 Å². The third-order valence-corrected chi connectivity index (χ3v) is 2.44. The van der Waals surface area contributed by atoms with Crippen LogP contribution in [0.4, 0.5) is 0 Å². The van der Waals surface area contributed by atoms with Crippen LogP contribution in [0.25, 0.3) is 0 Å². The van der Waals surface area contributed by atoms with Crippen molar-refractivity contribution < 1.29 is 4.79 Å². The van der Waals surface area contributed by atoms with Crippen LogP contribution in [0.1, 0.15) is 16.8 Å². The lowest BCUT2D eigenvalue weighted by atomic mass is 10.2. The van der Waals surface area contributed by atoms with Gasteiger partial charge in [-0.05, 0) is 31.6 Å². The molecular weight excluding hydrogens is 224 g/mol. The summed E-state index contributed by atoms with van der Waals surface area (Å²) in [4.78, 5) is 10.1. The molecule has 0 bridgehead atoms. The number of hydrogen-bond donors (Lipinski definition) is 2. The van der Waals surface area contributed by atoms with Gasteiger partial charge < -0.3 is 10.6 Å². The molecule has 2 rings (SSSR count). The first-order valence-electron chi connectivity index (χ1n) is 5.45. The first-order valence-corrected chi connectivity index (χ1v) is 5.83. The molecule has 0 atom stereocenters. The third kappa shape index (κ3) is 5.85. The van der Waals surface area contributed by atoms with Gasteiger partial charge in [-0.1, -0.05) is 23.7 Å². The highest BCUT2D eigenvalue weighted by molar-refractivity contribution is 6.30. The number of carbonyl (C=O) groups excluding carboxylic acids is 1. The molecule has 16 heavy (non-hydrogen) atoms. The number of nitrogens with one attached hydrogen (secondary N) is 2. The van der Waals surface area contributed by atoms with Crippen LogP contribution < -0.4 is 10.6 Å². The van der Waals surface area contributed by atoms with Crippen molar-refractivity contribution in [3.05, 3.63) is 34.9 Å². The van der Waals surface area contributed by atoms with E-state index in [0.29, 0.717) is 10.6 Å². The first kappa shape index (κ1) is 13.2. The predicted molar refractivity (Wildman–Crippen MR) is 67.2 cm³/mol. The molecule has 0 spiro atoms. The van der Waals surface area contributed by atoms with E-state index in [1.54, 1.807) is 24.3 Å². The van der Waals surface area contributed by atoms with Crippen molar-refractivity contribution in [3.8, 4) is 0 Å². The van der Waals surface area contributed by atoms with Crippen LogP contribution in [0, 0.1) is 0 Å². The van der Waals surface area contributed by atoms with Crippen LogP contribution in [0.15, 0.2) is 24.3 Å². The van der Waals surface area contributed by atoms with Gasteiger partial charge in [-0.2, -0.15) is 0 Å². The normalized spacial score (nSPS) is 15.6. The molecule has 0 saturated carbocycles. The summed E-state index contributed by atoms with van der Waals surface area (Å²) in [6, 6.07) is 6.72. The molecule has 0 aromatic heterocycles. The molecular formula is C12H17ClN2O. The van der Waals surface area contributed by atoms with Crippen molar-refractivity contribution in [1.82, 2.24) is 10.6 Å². The molecule has 4 heteroatoms. The lowest BCUT2D eigenvalue weighted by molar-refractivity contribution is 0.112. The van der Waals surface area contributed by atoms with Crippen molar-refractivity contribution in [2.45, 2.75) is 6.42 Å². The SMILES string of the molecule is C1CNCCNC1.O=Cc1ccc(Cl)cc1. The quantitative estimate of drug-likeness (QED) is 0.735. The second-order valence-electron chi connectivity index (χ2n) is 3.52. The fourth-order valence-corrected chi connectivity index (χ4v) is 1.43. The molecule has 0 unspecified atom stereocenters. The van der Waals surface area contributed by atoms with Gasteiger partial charge in [0.25, 0.3) is 0 Å². The Morgan fingerprint density at radius 1 is 1.00 bits per heavy atom. The van der Waals surface area contributed by atoms with E-state index >= 15 is 0 Å². The summed E-state index contributed by atoms with van der Waals surface area (Å²) >= 11 is 5.55. The van der Waals surface area contributed by atoms with Gasteiger partial charge >= 0.3 is 0 Å². The van der Waals surface area contributed by atoms with Crippen LogP contribution in [0.5, 0.6) is 0 Å². The molecule has 1 aliphatic rings. The highest BCUT2D eigenvalue weighted by atomic mass is 35.5. The van der Waals surface area contributed by atoms with Crippen molar-refractivity contribution in [1.29, 1.82) is 0 Å². The molecule has 0 amide bonds. The maximum absolute atomic E-state index is 10.1. The van der Waals surface area contributed by atoms with E-state index < -0.39 is 0 Å². The van der Waals surface area contributed by atoms with E-state index in [0.717, 1.165) is 19.4 Å². The van der Waals surface area contributed by atoms with Gasteiger partial charge in [0.1, 0.15) is 6.29 Å². The topological polar surface area (TPSA) is 41.1 Å². The van der Waals surface area contributed by atoms with Gasteiger partial charge in [0, 0.05) is 23.7 Å². The van der Waals surface area contributed by atoms with Gasteiger partial charge in [0.15, 0.2) is 0 Å². The first-order chi connectivity index (χ1) is 7.83. The molecule has 3 nitrogen and oxygen atoms in total. The van der Waals surface area contributed by atoms with E-state index in [1.165, 1.54) is 19.5 Å². The minimum absolute atomic E-state index is 0.652. The Bertz CT molecular complexity index is 281. The standard InChI is InChI=1S/C7H5ClO.C5H12N2/c8-7-3-1-6(5-9)2-4-7;1-2-6-4-5-7-3-1/h1-5H;6-7H,1-5H2. The number of rotatable bonds is 1. The van der Waals surface area contributed by atoms with Gasteiger partial charge in [0.05, 0.1) is 0 Å². The Morgan fingerprint density at radius 2 is 1.56 bits per heavy atom. The zero-order valence-electron chi connectivity index (χ0n) is 9.21. The molecule has 1 heterocycles. The zero-order chi connectivity index (χ0) is 11.6. The van der Waals surface area contributed by atoms with Crippen LogP contribution in [-0.4, -0.2) is 32.5 Å². The minimum Gasteiger partial charge on any atom is -0.315 e. The summed E-state index contributed by atoms with van der Waals surface area (Å²) in [5, 5.41) is 7.22. The van der Waals surface area contributed by atoms with Crippen molar-refractivity contribution in [2.75, 3.05) is 26.2 Å². The molecule has 0 aliphatic carbocycles. The Hall–Kier alpha value is -0.900. The molecule has 1 saturated heterocycles. The van der Waals surface area contributed by atoms with Crippen LogP contribution in [0.3, 0.4) is 0 Å². The van der Waals surface area contributed by atoms with E-state index in [-0.39, 0.29) is 0 Å². The van der Waals surface area contributed by atoms with Gasteiger partial charge in [-0.25, -0.2) is 0 Å². The second-order valence-corrected chi connectivity index (χ2v) is 3.96. The van der Waals surface area contributed by atoms with Crippen LogP contribution in [0.2, 0.25) is 5.02 Å². The highest BCUT2D eigenvalue weighted by Gasteiger charge is 1.92. The third-order valence-electron chi connectivity index (χ3n) is 2.19. The number of carbonyl (C=O) groups is 1. The van der Waals surface area contributed by atoms with Crippen molar-refractivity contribution >= 4 is 17.9 Å². The molecule has 1 fully saturated rings. The fraction of sp³-hybridized carbons (Fsp3) is 0.417. The van der Waals surface area contributed by atoms with Crippen molar-refractivity contribution in [3.63, 3.8) is 0 Å². The molecule has 1 aromatic carbocycles. The predicted octanol–water partition coefficient (Wildman–Crippen LogP) is 1.72. The maximum Gasteiger partial charge on any atom is 0.150 e. The number of halogens is 1. The molecule has 1 aromatic rings. The number of benzene rings is 1. The molecule has 0 radical (unpaired) electrons. The number of hydrogen-bond acceptors (Lipinski definition) is 3. The van der Waals surface area contributed by atoms with Gasteiger partial charge in [0.2, 0.25) is 0 Å². The lowest BCUT2D eigenvalue weighted by Crippen LogP contribution is -2.21. The Balaban J connectivity index is 0.000000165. The maximum atomic E-state index is 10.1. The average Bonchev–Trinajstić information content (AvgIpc) is 2.63.